The van der Waals surface area contributed by atoms with Crippen molar-refractivity contribution in [3.8, 4) is 0 Å². The molecule has 0 saturated carbocycles. The minimum absolute atomic E-state index is 0.180. The lowest BCUT2D eigenvalue weighted by Crippen LogP contribution is -2.41. The predicted molar refractivity (Wildman–Crippen MR) is 68.4 cm³/mol. The molecular weight excluding hydrogens is 268 g/mol. The van der Waals surface area contributed by atoms with Crippen molar-refractivity contribution in [2.75, 3.05) is 6.61 Å². The number of nitro groups is 1. The third kappa shape index (κ3) is 3.75. The van der Waals surface area contributed by atoms with E-state index in [1.165, 1.54) is 18.2 Å². The number of nitro benzene ring substituents is 1. The van der Waals surface area contributed by atoms with E-state index in [4.69, 9.17) is 10.2 Å². The summed E-state index contributed by atoms with van der Waals surface area (Å²) in [5.74, 6) is -2.18. The number of hydrogen-bond donors (Lipinski definition) is 3. The molecule has 0 heterocycles. The summed E-state index contributed by atoms with van der Waals surface area (Å²) in [6.07, 6.45) is -0.180. The second-order valence-corrected chi connectivity index (χ2v) is 4.15. The highest BCUT2D eigenvalue weighted by Gasteiger charge is 2.25. The van der Waals surface area contributed by atoms with E-state index in [2.05, 4.69) is 5.32 Å². The Balaban J connectivity index is 3.05. The molecule has 0 aliphatic rings. The molecule has 1 aromatic carbocycles. The van der Waals surface area contributed by atoms with E-state index in [0.717, 1.165) is 0 Å². The van der Waals surface area contributed by atoms with Crippen LogP contribution in [0.25, 0.3) is 0 Å². The van der Waals surface area contributed by atoms with Crippen LogP contribution in [-0.4, -0.2) is 39.7 Å². The molecule has 0 spiro atoms. The van der Waals surface area contributed by atoms with Gasteiger partial charge in [0.25, 0.3) is 11.6 Å². The summed E-state index contributed by atoms with van der Waals surface area (Å²) < 4.78 is 0. The maximum atomic E-state index is 12.0. The zero-order valence-electron chi connectivity index (χ0n) is 10.7. The Bertz CT molecular complexity index is 543. The SMILES string of the molecule is Cc1ccc([N+](=O)[O-])c(C(=O)NC(CCO)C(=O)O)c1. The Morgan fingerprint density at radius 2 is 2.10 bits per heavy atom. The van der Waals surface area contributed by atoms with Gasteiger partial charge >= 0.3 is 5.97 Å². The van der Waals surface area contributed by atoms with Crippen molar-refractivity contribution in [3.05, 3.63) is 39.4 Å². The number of amides is 1. The Morgan fingerprint density at radius 1 is 1.45 bits per heavy atom. The van der Waals surface area contributed by atoms with Crippen molar-refractivity contribution in [3.63, 3.8) is 0 Å². The van der Waals surface area contributed by atoms with E-state index in [0.29, 0.717) is 5.56 Å². The monoisotopic (exact) mass is 282 g/mol. The van der Waals surface area contributed by atoms with E-state index >= 15 is 0 Å². The van der Waals surface area contributed by atoms with E-state index in [9.17, 15) is 19.7 Å². The molecule has 20 heavy (non-hydrogen) atoms. The average Bonchev–Trinajstić information content (AvgIpc) is 2.37. The molecule has 0 saturated heterocycles. The zero-order valence-corrected chi connectivity index (χ0v) is 10.7. The maximum absolute atomic E-state index is 12.0. The number of aryl methyl sites for hydroxylation is 1. The molecule has 0 fully saturated rings. The van der Waals surface area contributed by atoms with Crippen molar-refractivity contribution in [2.45, 2.75) is 19.4 Å². The highest BCUT2D eigenvalue weighted by atomic mass is 16.6. The first-order valence-electron chi connectivity index (χ1n) is 5.76. The van der Waals surface area contributed by atoms with Crippen LogP contribution in [0.1, 0.15) is 22.3 Å². The van der Waals surface area contributed by atoms with Gasteiger partial charge in [-0.1, -0.05) is 6.07 Å². The number of carboxylic acids is 1. The number of carbonyl (C=O) groups is 2. The lowest BCUT2D eigenvalue weighted by Gasteiger charge is -2.13. The molecular formula is C12H14N2O6. The summed E-state index contributed by atoms with van der Waals surface area (Å²) >= 11 is 0. The number of nitrogens with zero attached hydrogens (tertiary/aromatic N) is 1. The van der Waals surface area contributed by atoms with Gasteiger partial charge in [0.2, 0.25) is 0 Å². The third-order valence-corrected chi connectivity index (χ3v) is 2.61. The lowest BCUT2D eigenvalue weighted by molar-refractivity contribution is -0.385. The molecule has 0 aromatic heterocycles. The number of hydrogen-bond acceptors (Lipinski definition) is 5. The van der Waals surface area contributed by atoms with E-state index in [1.807, 2.05) is 0 Å². The van der Waals surface area contributed by atoms with Crippen LogP contribution in [0.2, 0.25) is 0 Å². The summed E-state index contributed by atoms with van der Waals surface area (Å²) in [6, 6.07) is 2.68. The van der Waals surface area contributed by atoms with Gasteiger partial charge in [-0.2, -0.15) is 0 Å². The molecule has 0 bridgehead atoms. The van der Waals surface area contributed by atoms with Crippen LogP contribution >= 0.6 is 0 Å². The molecule has 1 amide bonds. The van der Waals surface area contributed by atoms with Gasteiger partial charge in [0.1, 0.15) is 11.6 Å². The molecule has 0 aliphatic carbocycles. The van der Waals surface area contributed by atoms with Gasteiger partial charge in [0.05, 0.1) is 4.92 Å². The fourth-order valence-electron chi connectivity index (χ4n) is 1.61. The second-order valence-electron chi connectivity index (χ2n) is 4.15. The Hall–Kier alpha value is -2.48. The van der Waals surface area contributed by atoms with Crippen molar-refractivity contribution in [1.29, 1.82) is 0 Å². The highest BCUT2D eigenvalue weighted by Crippen LogP contribution is 2.19. The van der Waals surface area contributed by atoms with E-state index in [1.54, 1.807) is 6.92 Å². The number of carbonyl (C=O) groups excluding carboxylic acids is 1. The summed E-state index contributed by atoms with van der Waals surface area (Å²) in [4.78, 5) is 33.0. The molecule has 108 valence electrons. The van der Waals surface area contributed by atoms with Gasteiger partial charge < -0.3 is 15.5 Å². The topological polar surface area (TPSA) is 130 Å². The molecule has 8 heteroatoms. The predicted octanol–water partition coefficient (Wildman–Crippen LogP) is 0.469. The number of carboxylic acid groups (broad SMARTS) is 1. The van der Waals surface area contributed by atoms with Crippen molar-refractivity contribution in [2.24, 2.45) is 0 Å². The van der Waals surface area contributed by atoms with Crippen molar-refractivity contribution >= 4 is 17.6 Å². The van der Waals surface area contributed by atoms with Crippen LogP contribution in [0.4, 0.5) is 5.69 Å². The van der Waals surface area contributed by atoms with Crippen LogP contribution in [0, 0.1) is 17.0 Å². The standard InChI is InChI=1S/C12H14N2O6/c1-7-2-3-10(14(19)20)8(6-7)11(16)13-9(4-5-15)12(17)18/h2-3,6,9,15H,4-5H2,1H3,(H,13,16)(H,17,18). The minimum atomic E-state index is -1.32. The minimum Gasteiger partial charge on any atom is -0.480 e. The number of aliphatic carboxylic acids is 1. The van der Waals surface area contributed by atoms with Gasteiger partial charge in [-0.15, -0.1) is 0 Å². The van der Waals surface area contributed by atoms with E-state index in [-0.39, 0.29) is 12.0 Å². The summed E-state index contributed by atoms with van der Waals surface area (Å²) in [5, 5.41) is 30.6. The maximum Gasteiger partial charge on any atom is 0.326 e. The van der Waals surface area contributed by atoms with Gasteiger partial charge in [-0.05, 0) is 18.6 Å². The molecule has 0 aliphatic heterocycles. The number of nitrogens with one attached hydrogen (secondary N) is 1. The fourth-order valence-corrected chi connectivity index (χ4v) is 1.61. The largest absolute Gasteiger partial charge is 0.480 e. The first kappa shape index (κ1) is 15.6. The number of rotatable bonds is 6. The van der Waals surface area contributed by atoms with Gasteiger partial charge in [-0.25, -0.2) is 4.79 Å². The average molecular weight is 282 g/mol. The molecule has 8 nitrogen and oxygen atoms in total. The van der Waals surface area contributed by atoms with Crippen molar-refractivity contribution in [1.82, 2.24) is 5.32 Å². The normalized spacial score (nSPS) is 11.7. The first-order chi connectivity index (χ1) is 9.36. The molecule has 3 N–H and O–H groups in total. The number of aliphatic hydroxyl groups excluding tert-OH is 1. The van der Waals surface area contributed by atoms with Crippen LogP contribution in [0.5, 0.6) is 0 Å². The Labute approximate surface area is 114 Å². The highest BCUT2D eigenvalue weighted by molar-refractivity contribution is 6.00. The lowest BCUT2D eigenvalue weighted by atomic mass is 10.1. The Kier molecular flexibility index (Phi) is 5.15. The molecule has 0 radical (unpaired) electrons. The summed E-state index contributed by atoms with van der Waals surface area (Å²) in [7, 11) is 0. The smallest absolute Gasteiger partial charge is 0.326 e. The fraction of sp³-hybridized carbons (Fsp3) is 0.333. The molecule has 1 aromatic rings. The summed E-state index contributed by atoms with van der Waals surface area (Å²) in [6.45, 7) is 1.23. The number of aliphatic hydroxyl groups is 1. The van der Waals surface area contributed by atoms with Gasteiger partial charge in [0.15, 0.2) is 0 Å². The van der Waals surface area contributed by atoms with Crippen LogP contribution in [0.3, 0.4) is 0 Å². The van der Waals surface area contributed by atoms with Crippen LogP contribution in [0.15, 0.2) is 18.2 Å². The summed E-state index contributed by atoms with van der Waals surface area (Å²) in [5.41, 5.74) is 0.0233. The third-order valence-electron chi connectivity index (χ3n) is 2.61. The van der Waals surface area contributed by atoms with Crippen LogP contribution < -0.4 is 5.32 Å². The Morgan fingerprint density at radius 3 is 2.60 bits per heavy atom. The quantitative estimate of drug-likeness (QED) is 0.513. The first-order valence-corrected chi connectivity index (χ1v) is 5.76. The molecule has 1 unspecified atom stereocenters. The molecule has 1 atom stereocenters. The van der Waals surface area contributed by atoms with E-state index < -0.39 is 35.1 Å². The second kappa shape index (κ2) is 6.62. The van der Waals surface area contributed by atoms with Gasteiger partial charge in [0, 0.05) is 19.1 Å². The van der Waals surface area contributed by atoms with Gasteiger partial charge in [-0.3, -0.25) is 14.9 Å². The van der Waals surface area contributed by atoms with Crippen molar-refractivity contribution < 1.29 is 24.7 Å². The van der Waals surface area contributed by atoms with Crippen LogP contribution in [-0.2, 0) is 4.79 Å². The zero-order chi connectivity index (χ0) is 15.3. The molecule has 1 rings (SSSR count). The number of benzene rings is 1.